The van der Waals surface area contributed by atoms with Gasteiger partial charge in [-0.05, 0) is 32.4 Å². The minimum absolute atomic E-state index is 0.246. The van der Waals surface area contributed by atoms with Crippen LogP contribution in [0.5, 0.6) is 5.75 Å². The summed E-state index contributed by atoms with van der Waals surface area (Å²) in [6.45, 7) is 5.25. The Morgan fingerprint density at radius 2 is 1.82 bits per heavy atom. The van der Waals surface area contributed by atoms with Crippen molar-refractivity contribution in [3.8, 4) is 5.75 Å². The number of carbonyl (C=O) groups excluding carboxylic acids is 2. The van der Waals surface area contributed by atoms with Crippen LogP contribution >= 0.6 is 0 Å². The summed E-state index contributed by atoms with van der Waals surface area (Å²) in [7, 11) is 2.82. The summed E-state index contributed by atoms with van der Waals surface area (Å²) in [5.74, 6) is 0.0964. The van der Waals surface area contributed by atoms with Crippen LogP contribution in [0, 0.1) is 0 Å². The summed E-state index contributed by atoms with van der Waals surface area (Å²) in [4.78, 5) is 23.7. The van der Waals surface area contributed by atoms with Gasteiger partial charge >= 0.3 is 12.1 Å². The van der Waals surface area contributed by atoms with Gasteiger partial charge < -0.3 is 19.5 Å². The van der Waals surface area contributed by atoms with Crippen LogP contribution in [0.1, 0.15) is 26.3 Å². The summed E-state index contributed by atoms with van der Waals surface area (Å²) in [5, 5.41) is 2.53. The van der Waals surface area contributed by atoms with E-state index in [2.05, 4.69) is 5.32 Å². The van der Waals surface area contributed by atoms with E-state index in [4.69, 9.17) is 14.2 Å². The molecule has 1 N–H and O–H groups in total. The van der Waals surface area contributed by atoms with Crippen molar-refractivity contribution in [1.29, 1.82) is 0 Å². The van der Waals surface area contributed by atoms with Crippen LogP contribution < -0.4 is 10.1 Å². The quantitative estimate of drug-likeness (QED) is 0.845. The number of nitrogens with one attached hydrogen (secondary N) is 1. The zero-order valence-corrected chi connectivity index (χ0v) is 13.6. The molecule has 0 spiro atoms. The van der Waals surface area contributed by atoms with Gasteiger partial charge in [0, 0.05) is 6.42 Å². The lowest BCUT2D eigenvalue weighted by Gasteiger charge is -2.23. The molecule has 0 saturated carbocycles. The number of hydrogen-bond acceptors (Lipinski definition) is 5. The Balaban J connectivity index is 2.85. The number of ether oxygens (including phenoxy) is 3. The van der Waals surface area contributed by atoms with Gasteiger partial charge in [0.15, 0.2) is 0 Å². The van der Waals surface area contributed by atoms with Gasteiger partial charge in [0.2, 0.25) is 0 Å². The molecule has 1 atom stereocenters. The van der Waals surface area contributed by atoms with E-state index >= 15 is 0 Å². The standard InChI is InChI=1S/C16H23NO5/c1-16(2,3)22-15(19)17-12(14(18)21-5)10-11-8-6-7-9-13(11)20-4/h6-9,12H,10H2,1-5H3,(H,17,19). The van der Waals surface area contributed by atoms with Crippen molar-refractivity contribution in [3.63, 3.8) is 0 Å². The van der Waals surface area contributed by atoms with Crippen LogP contribution in [0.2, 0.25) is 0 Å². The van der Waals surface area contributed by atoms with E-state index in [1.165, 1.54) is 7.11 Å². The summed E-state index contributed by atoms with van der Waals surface area (Å²) in [5.41, 5.74) is 0.145. The summed E-state index contributed by atoms with van der Waals surface area (Å²) in [6.07, 6.45) is -0.423. The van der Waals surface area contributed by atoms with Crippen molar-refractivity contribution in [2.75, 3.05) is 14.2 Å². The molecule has 0 radical (unpaired) electrons. The van der Waals surface area contributed by atoms with Gasteiger partial charge in [-0.3, -0.25) is 0 Å². The molecule has 0 aliphatic rings. The highest BCUT2D eigenvalue weighted by molar-refractivity contribution is 5.81. The monoisotopic (exact) mass is 309 g/mol. The van der Waals surface area contributed by atoms with E-state index < -0.39 is 23.7 Å². The van der Waals surface area contributed by atoms with Gasteiger partial charge in [-0.2, -0.15) is 0 Å². The largest absolute Gasteiger partial charge is 0.496 e. The number of hydrogen-bond donors (Lipinski definition) is 1. The lowest BCUT2D eigenvalue weighted by molar-refractivity contribution is -0.143. The number of benzene rings is 1. The molecule has 122 valence electrons. The molecule has 0 fully saturated rings. The second kappa shape index (κ2) is 7.68. The maximum Gasteiger partial charge on any atom is 0.408 e. The fourth-order valence-corrected chi connectivity index (χ4v) is 1.88. The van der Waals surface area contributed by atoms with Crippen LogP contribution in [-0.4, -0.2) is 37.9 Å². The van der Waals surface area contributed by atoms with Gasteiger partial charge in [-0.15, -0.1) is 0 Å². The fraction of sp³-hybridized carbons (Fsp3) is 0.500. The number of esters is 1. The first-order chi connectivity index (χ1) is 10.3. The molecule has 0 saturated heterocycles. The van der Waals surface area contributed by atoms with E-state index in [-0.39, 0.29) is 6.42 Å². The Morgan fingerprint density at radius 1 is 1.18 bits per heavy atom. The number of methoxy groups -OCH3 is 2. The number of carbonyl (C=O) groups is 2. The normalized spacial score (nSPS) is 12.2. The minimum Gasteiger partial charge on any atom is -0.496 e. The van der Waals surface area contributed by atoms with E-state index in [1.54, 1.807) is 33.9 Å². The zero-order chi connectivity index (χ0) is 16.8. The summed E-state index contributed by atoms with van der Waals surface area (Å²) < 4.78 is 15.2. The highest BCUT2D eigenvalue weighted by Gasteiger charge is 2.26. The van der Waals surface area contributed by atoms with Crippen molar-refractivity contribution in [2.24, 2.45) is 0 Å². The molecule has 6 nitrogen and oxygen atoms in total. The van der Waals surface area contributed by atoms with Gasteiger partial charge in [-0.1, -0.05) is 18.2 Å². The van der Waals surface area contributed by atoms with Crippen LogP contribution in [0.3, 0.4) is 0 Å². The second-order valence-electron chi connectivity index (χ2n) is 5.74. The third-order valence-corrected chi connectivity index (χ3v) is 2.79. The van der Waals surface area contributed by atoms with E-state index in [9.17, 15) is 9.59 Å². The molecule has 0 bridgehead atoms. The maximum atomic E-state index is 11.9. The van der Waals surface area contributed by atoms with Crippen molar-refractivity contribution in [2.45, 2.75) is 38.8 Å². The van der Waals surface area contributed by atoms with Gasteiger partial charge in [0.1, 0.15) is 17.4 Å². The predicted molar refractivity (Wildman–Crippen MR) is 81.9 cm³/mol. The number of amides is 1. The number of para-hydroxylation sites is 1. The third kappa shape index (κ3) is 5.63. The summed E-state index contributed by atoms with van der Waals surface area (Å²) in [6, 6.07) is 6.43. The van der Waals surface area contributed by atoms with Crippen molar-refractivity contribution in [1.82, 2.24) is 5.32 Å². The first kappa shape index (κ1) is 17.8. The molecule has 1 aromatic rings. The van der Waals surface area contributed by atoms with Crippen LogP contribution in [-0.2, 0) is 20.7 Å². The first-order valence-corrected chi connectivity index (χ1v) is 6.96. The van der Waals surface area contributed by atoms with Crippen LogP contribution in [0.25, 0.3) is 0 Å². The lowest BCUT2D eigenvalue weighted by Crippen LogP contribution is -2.45. The molecule has 0 heterocycles. The average molecular weight is 309 g/mol. The van der Waals surface area contributed by atoms with Crippen molar-refractivity contribution >= 4 is 12.1 Å². The zero-order valence-electron chi connectivity index (χ0n) is 13.6. The Kier molecular flexibility index (Phi) is 6.22. The Hall–Kier alpha value is -2.24. The smallest absolute Gasteiger partial charge is 0.408 e. The van der Waals surface area contributed by atoms with E-state index in [1.807, 2.05) is 18.2 Å². The highest BCUT2D eigenvalue weighted by atomic mass is 16.6. The molecule has 22 heavy (non-hydrogen) atoms. The maximum absolute atomic E-state index is 11.9. The molecule has 1 rings (SSSR count). The van der Waals surface area contributed by atoms with Crippen molar-refractivity contribution in [3.05, 3.63) is 29.8 Å². The predicted octanol–water partition coefficient (Wildman–Crippen LogP) is 2.30. The Labute approximate surface area is 130 Å². The highest BCUT2D eigenvalue weighted by Crippen LogP contribution is 2.19. The molecule has 0 aromatic heterocycles. The molecule has 0 aliphatic carbocycles. The first-order valence-electron chi connectivity index (χ1n) is 6.96. The van der Waals surface area contributed by atoms with Gasteiger partial charge in [-0.25, -0.2) is 9.59 Å². The van der Waals surface area contributed by atoms with Crippen molar-refractivity contribution < 1.29 is 23.8 Å². The Morgan fingerprint density at radius 3 is 2.36 bits per heavy atom. The molecular formula is C16H23NO5. The second-order valence-corrected chi connectivity index (χ2v) is 5.74. The SMILES string of the molecule is COC(=O)C(Cc1ccccc1OC)NC(=O)OC(C)(C)C. The van der Waals surface area contributed by atoms with E-state index in [0.717, 1.165) is 5.56 Å². The molecule has 1 amide bonds. The number of alkyl carbamates (subject to hydrolysis) is 1. The molecule has 0 aliphatic heterocycles. The molecule has 1 unspecified atom stereocenters. The minimum atomic E-state index is -0.851. The lowest BCUT2D eigenvalue weighted by atomic mass is 10.0. The Bertz CT molecular complexity index is 522. The fourth-order valence-electron chi connectivity index (χ4n) is 1.88. The van der Waals surface area contributed by atoms with Gasteiger partial charge in [0.25, 0.3) is 0 Å². The van der Waals surface area contributed by atoms with Gasteiger partial charge in [0.05, 0.1) is 14.2 Å². The van der Waals surface area contributed by atoms with Crippen LogP contribution in [0.15, 0.2) is 24.3 Å². The average Bonchev–Trinajstić information content (AvgIpc) is 2.44. The third-order valence-electron chi connectivity index (χ3n) is 2.79. The molecule has 6 heteroatoms. The summed E-state index contributed by atoms with van der Waals surface area (Å²) >= 11 is 0. The van der Waals surface area contributed by atoms with Crippen LogP contribution in [0.4, 0.5) is 4.79 Å². The number of rotatable bonds is 5. The molecule has 1 aromatic carbocycles. The molecular weight excluding hydrogens is 286 g/mol. The van der Waals surface area contributed by atoms with E-state index in [0.29, 0.717) is 5.75 Å². The topological polar surface area (TPSA) is 73.9 Å².